The van der Waals surface area contributed by atoms with Gasteiger partial charge < -0.3 is 15.0 Å². The Balaban J connectivity index is 1.98. The van der Waals surface area contributed by atoms with E-state index < -0.39 is 0 Å². The molecule has 1 saturated heterocycles. The first-order chi connectivity index (χ1) is 9.31. The molecule has 5 nitrogen and oxygen atoms in total. The molecule has 0 radical (unpaired) electrons. The number of rotatable bonds is 5. The third-order valence-corrected chi connectivity index (χ3v) is 3.26. The summed E-state index contributed by atoms with van der Waals surface area (Å²) in [6.07, 6.45) is 5.08. The fourth-order valence-electron chi connectivity index (χ4n) is 2.21. The van der Waals surface area contributed by atoms with Gasteiger partial charge >= 0.3 is 0 Å². The van der Waals surface area contributed by atoms with Crippen molar-refractivity contribution in [1.82, 2.24) is 9.88 Å². The van der Waals surface area contributed by atoms with E-state index in [0.29, 0.717) is 12.3 Å². The molecule has 5 heteroatoms. The highest BCUT2D eigenvalue weighted by Gasteiger charge is 2.19. The highest BCUT2D eigenvalue weighted by Crippen LogP contribution is 2.14. The largest absolute Gasteiger partial charge is 0.383 e. The molecule has 2 rings (SSSR count). The van der Waals surface area contributed by atoms with Crippen LogP contribution >= 0.6 is 0 Å². The lowest BCUT2D eigenvalue weighted by Crippen LogP contribution is -2.36. The number of aromatic nitrogens is 1. The molecule has 0 aromatic carbocycles. The minimum Gasteiger partial charge on any atom is -0.383 e. The molecule has 1 aromatic rings. The summed E-state index contributed by atoms with van der Waals surface area (Å²) >= 11 is 0. The number of amides is 1. The number of nitrogens with one attached hydrogen (secondary N) is 1. The maximum absolute atomic E-state index is 12.3. The van der Waals surface area contributed by atoms with E-state index in [1.54, 1.807) is 13.3 Å². The van der Waals surface area contributed by atoms with Gasteiger partial charge in [0.15, 0.2) is 0 Å². The summed E-state index contributed by atoms with van der Waals surface area (Å²) < 4.78 is 4.98. The van der Waals surface area contributed by atoms with Gasteiger partial charge in [-0.2, -0.15) is 0 Å². The van der Waals surface area contributed by atoms with E-state index in [9.17, 15) is 4.79 Å². The number of likely N-dealkylation sites (tertiary alicyclic amines) is 1. The van der Waals surface area contributed by atoms with Crippen molar-refractivity contribution in [3.8, 4) is 0 Å². The van der Waals surface area contributed by atoms with Crippen LogP contribution in [0.15, 0.2) is 18.3 Å². The summed E-state index contributed by atoms with van der Waals surface area (Å²) in [6.45, 7) is 3.05. The van der Waals surface area contributed by atoms with Gasteiger partial charge in [0.25, 0.3) is 5.91 Å². The quantitative estimate of drug-likeness (QED) is 0.823. The smallest absolute Gasteiger partial charge is 0.272 e. The third kappa shape index (κ3) is 3.92. The first-order valence-corrected chi connectivity index (χ1v) is 6.79. The Morgan fingerprint density at radius 2 is 2.21 bits per heavy atom. The normalized spacial score (nSPS) is 15.3. The predicted molar refractivity (Wildman–Crippen MR) is 74.4 cm³/mol. The zero-order valence-corrected chi connectivity index (χ0v) is 11.4. The highest BCUT2D eigenvalue weighted by molar-refractivity contribution is 5.93. The van der Waals surface area contributed by atoms with Gasteiger partial charge in [-0.3, -0.25) is 9.78 Å². The summed E-state index contributed by atoms with van der Waals surface area (Å²) in [5.41, 5.74) is 1.43. The Morgan fingerprint density at radius 3 is 2.95 bits per heavy atom. The van der Waals surface area contributed by atoms with Crippen molar-refractivity contribution < 1.29 is 9.53 Å². The van der Waals surface area contributed by atoms with Crippen molar-refractivity contribution in [3.63, 3.8) is 0 Å². The predicted octanol–water partition coefficient (Wildman–Crippen LogP) is 1.77. The van der Waals surface area contributed by atoms with Gasteiger partial charge in [0.05, 0.1) is 6.61 Å². The summed E-state index contributed by atoms with van der Waals surface area (Å²) in [5.74, 6) is 0.0371. The summed E-state index contributed by atoms with van der Waals surface area (Å²) in [7, 11) is 1.67. The molecule has 1 amide bonds. The van der Waals surface area contributed by atoms with Crippen LogP contribution in [0.1, 0.15) is 29.8 Å². The van der Waals surface area contributed by atoms with Crippen LogP contribution in [-0.2, 0) is 4.74 Å². The molecule has 1 aliphatic rings. The number of piperidine rings is 1. The van der Waals surface area contributed by atoms with E-state index in [1.165, 1.54) is 6.42 Å². The SMILES string of the molecule is COCCNc1ccnc(C(=O)N2CCCCC2)c1. The number of nitrogens with zero attached hydrogens (tertiary/aromatic N) is 2. The van der Waals surface area contributed by atoms with Crippen LogP contribution in [0.3, 0.4) is 0 Å². The monoisotopic (exact) mass is 263 g/mol. The number of anilines is 1. The second-order valence-electron chi connectivity index (χ2n) is 4.70. The molecule has 1 aliphatic heterocycles. The van der Waals surface area contributed by atoms with Crippen LogP contribution in [0.25, 0.3) is 0 Å². The van der Waals surface area contributed by atoms with Gasteiger partial charge in [-0.15, -0.1) is 0 Å². The minimum atomic E-state index is 0.0371. The number of ether oxygens (including phenoxy) is 1. The molecule has 1 N–H and O–H groups in total. The first kappa shape index (κ1) is 13.8. The van der Waals surface area contributed by atoms with Crippen molar-refractivity contribution in [2.75, 3.05) is 38.7 Å². The van der Waals surface area contributed by atoms with Crippen molar-refractivity contribution in [2.24, 2.45) is 0 Å². The number of carbonyl (C=O) groups is 1. The van der Waals surface area contributed by atoms with E-state index in [2.05, 4.69) is 10.3 Å². The number of hydrogen-bond acceptors (Lipinski definition) is 4. The van der Waals surface area contributed by atoms with E-state index in [-0.39, 0.29) is 5.91 Å². The molecule has 1 fully saturated rings. The van der Waals surface area contributed by atoms with E-state index in [4.69, 9.17) is 4.74 Å². The maximum Gasteiger partial charge on any atom is 0.272 e. The second-order valence-corrected chi connectivity index (χ2v) is 4.70. The molecule has 19 heavy (non-hydrogen) atoms. The molecular formula is C14H21N3O2. The lowest BCUT2D eigenvalue weighted by molar-refractivity contribution is 0.0718. The molecule has 0 aliphatic carbocycles. The average Bonchev–Trinajstić information content (AvgIpc) is 2.48. The molecule has 0 spiro atoms. The summed E-state index contributed by atoms with van der Waals surface area (Å²) in [6, 6.07) is 3.68. The number of carbonyl (C=O) groups excluding carboxylic acids is 1. The Morgan fingerprint density at radius 1 is 1.42 bits per heavy atom. The Hall–Kier alpha value is -1.62. The standard InChI is InChI=1S/C14H21N3O2/c1-19-10-7-15-12-5-6-16-13(11-12)14(18)17-8-3-2-4-9-17/h5-6,11H,2-4,7-10H2,1H3,(H,15,16). The third-order valence-electron chi connectivity index (χ3n) is 3.26. The molecule has 104 valence electrons. The highest BCUT2D eigenvalue weighted by atomic mass is 16.5. The molecular weight excluding hydrogens is 242 g/mol. The molecule has 1 aromatic heterocycles. The Kier molecular flexibility index (Phi) is 5.15. The molecule has 0 bridgehead atoms. The van der Waals surface area contributed by atoms with Gasteiger partial charge in [0, 0.05) is 38.6 Å². The first-order valence-electron chi connectivity index (χ1n) is 6.79. The summed E-state index contributed by atoms with van der Waals surface area (Å²) in [4.78, 5) is 18.4. The van der Waals surface area contributed by atoms with Crippen LogP contribution in [0.2, 0.25) is 0 Å². The second kappa shape index (κ2) is 7.09. The molecule has 0 unspecified atom stereocenters. The van der Waals surface area contributed by atoms with E-state index in [0.717, 1.165) is 38.2 Å². The van der Waals surface area contributed by atoms with Crippen LogP contribution in [0.5, 0.6) is 0 Å². The lowest BCUT2D eigenvalue weighted by Gasteiger charge is -2.26. The number of hydrogen-bond donors (Lipinski definition) is 1. The van der Waals surface area contributed by atoms with Crippen molar-refractivity contribution in [3.05, 3.63) is 24.0 Å². The fourth-order valence-corrected chi connectivity index (χ4v) is 2.21. The van der Waals surface area contributed by atoms with Crippen LogP contribution in [-0.4, -0.2) is 49.1 Å². The average molecular weight is 263 g/mol. The lowest BCUT2D eigenvalue weighted by atomic mass is 10.1. The minimum absolute atomic E-state index is 0.0371. The Labute approximate surface area is 114 Å². The zero-order chi connectivity index (χ0) is 13.5. The van der Waals surface area contributed by atoms with Crippen molar-refractivity contribution >= 4 is 11.6 Å². The molecule has 0 saturated carbocycles. The van der Waals surface area contributed by atoms with E-state index >= 15 is 0 Å². The van der Waals surface area contributed by atoms with E-state index in [1.807, 2.05) is 17.0 Å². The van der Waals surface area contributed by atoms with Gasteiger partial charge in [0.2, 0.25) is 0 Å². The topological polar surface area (TPSA) is 54.5 Å². The van der Waals surface area contributed by atoms with Gasteiger partial charge in [-0.05, 0) is 31.4 Å². The van der Waals surface area contributed by atoms with Gasteiger partial charge in [0.1, 0.15) is 5.69 Å². The molecule has 0 atom stereocenters. The molecule has 2 heterocycles. The van der Waals surface area contributed by atoms with Crippen molar-refractivity contribution in [1.29, 1.82) is 0 Å². The summed E-state index contributed by atoms with van der Waals surface area (Å²) in [5, 5.41) is 3.21. The van der Waals surface area contributed by atoms with Gasteiger partial charge in [-0.1, -0.05) is 0 Å². The maximum atomic E-state index is 12.3. The fraction of sp³-hybridized carbons (Fsp3) is 0.571. The van der Waals surface area contributed by atoms with Crippen LogP contribution in [0.4, 0.5) is 5.69 Å². The van der Waals surface area contributed by atoms with Gasteiger partial charge in [-0.25, -0.2) is 0 Å². The number of pyridine rings is 1. The van der Waals surface area contributed by atoms with Crippen LogP contribution < -0.4 is 5.32 Å². The zero-order valence-electron chi connectivity index (χ0n) is 11.4. The number of methoxy groups -OCH3 is 1. The van der Waals surface area contributed by atoms with Crippen LogP contribution in [0, 0.1) is 0 Å². The Bertz CT molecular complexity index is 417. The van der Waals surface area contributed by atoms with Crippen molar-refractivity contribution in [2.45, 2.75) is 19.3 Å².